The van der Waals surface area contributed by atoms with Crippen molar-refractivity contribution in [2.45, 2.75) is 65.7 Å². The van der Waals surface area contributed by atoms with Crippen molar-refractivity contribution in [3.8, 4) is 5.75 Å². The Labute approximate surface area is 244 Å². The number of rotatable bonds is 10. The lowest BCUT2D eigenvalue weighted by Gasteiger charge is -2.26. The number of benzene rings is 1. The third-order valence-corrected chi connectivity index (χ3v) is 6.18. The molecule has 0 bridgehead atoms. The summed E-state index contributed by atoms with van der Waals surface area (Å²) in [6, 6.07) is 6.79. The molecule has 3 rings (SSSR count). The van der Waals surface area contributed by atoms with Gasteiger partial charge in [-0.05, 0) is 46.8 Å². The van der Waals surface area contributed by atoms with Crippen molar-refractivity contribution in [3.63, 3.8) is 0 Å². The number of hydrogen-bond acceptors (Lipinski definition) is 9. The first-order valence-electron chi connectivity index (χ1n) is 13.7. The molecular weight excluding hydrogens is 546 g/mol. The van der Waals surface area contributed by atoms with Crippen LogP contribution in [0.4, 0.5) is 0 Å². The Bertz CT molecular complexity index is 1450. The lowest BCUT2D eigenvalue weighted by atomic mass is 10.1. The highest BCUT2D eigenvalue weighted by Gasteiger charge is 2.26. The largest absolute Gasteiger partial charge is 0.496 e. The maximum atomic E-state index is 13.8. The molecule has 0 aliphatic carbocycles. The fourth-order valence-electron chi connectivity index (χ4n) is 4.07. The average Bonchev–Trinajstić information content (AvgIpc) is 2.96. The zero-order valence-corrected chi connectivity index (χ0v) is 25.1. The molecular formula is C29H39N5O8. The van der Waals surface area contributed by atoms with Gasteiger partial charge in [0.25, 0.3) is 5.56 Å². The second-order valence-corrected chi connectivity index (χ2v) is 10.3. The van der Waals surface area contributed by atoms with E-state index in [1.165, 1.54) is 33.5 Å². The maximum Gasteiger partial charge on any atom is 0.354 e. The SMILES string of the molecule is COc1ccccc1/C(=C/n1cc(/C(C)=N/OC(C)C)c(=O)n(N(C)C(=O)C(=O)NC(C)C)c1=O)OC1CCOCC1. The van der Waals surface area contributed by atoms with E-state index in [1.807, 2.05) is 0 Å². The minimum Gasteiger partial charge on any atom is -0.496 e. The smallest absolute Gasteiger partial charge is 0.354 e. The molecule has 2 amide bonds. The van der Waals surface area contributed by atoms with Crippen LogP contribution < -0.4 is 26.3 Å². The standard InChI is InChI=1S/C29H39N5O8/c1-18(2)30-26(35)28(37)32(6)34-27(36)23(20(5)31-42-19(3)4)16-33(29(34)38)17-25(41-21-12-14-40-15-13-21)22-10-8-9-11-24(22)39-7/h8-11,16-19,21H,12-15H2,1-7H3,(H,30,35)/b25-17-,31-20+. The van der Waals surface area contributed by atoms with Gasteiger partial charge in [-0.2, -0.15) is 4.68 Å². The van der Waals surface area contributed by atoms with Crippen LogP contribution in [0.1, 0.15) is 58.6 Å². The van der Waals surface area contributed by atoms with E-state index >= 15 is 0 Å². The fourth-order valence-corrected chi connectivity index (χ4v) is 4.07. The number of likely N-dealkylation sites (N-methyl/N-ethyl adjacent to an activating group) is 1. The summed E-state index contributed by atoms with van der Waals surface area (Å²) in [5, 5.41) is 7.17. The molecule has 1 aromatic carbocycles. The summed E-state index contributed by atoms with van der Waals surface area (Å²) in [5.41, 5.74) is -1.11. The first-order valence-corrected chi connectivity index (χ1v) is 13.7. The Morgan fingerprint density at radius 1 is 1.12 bits per heavy atom. The van der Waals surface area contributed by atoms with Crippen molar-refractivity contribution in [2.75, 3.05) is 32.4 Å². The Balaban J connectivity index is 2.27. The number of hydrogen-bond donors (Lipinski definition) is 1. The quantitative estimate of drug-likeness (QED) is 0.193. The summed E-state index contributed by atoms with van der Waals surface area (Å²) in [6.45, 7) is 9.49. The van der Waals surface area contributed by atoms with Gasteiger partial charge in [-0.15, -0.1) is 0 Å². The maximum absolute atomic E-state index is 13.8. The molecule has 0 spiro atoms. The highest BCUT2D eigenvalue weighted by Crippen LogP contribution is 2.30. The molecule has 0 unspecified atom stereocenters. The Morgan fingerprint density at radius 3 is 2.40 bits per heavy atom. The predicted molar refractivity (Wildman–Crippen MR) is 158 cm³/mol. The Hall–Kier alpha value is -4.39. The van der Waals surface area contributed by atoms with E-state index < -0.39 is 23.1 Å². The van der Waals surface area contributed by atoms with Crippen LogP contribution >= 0.6 is 0 Å². The van der Waals surface area contributed by atoms with E-state index in [4.69, 9.17) is 19.0 Å². The lowest BCUT2D eigenvalue weighted by Crippen LogP contribution is -2.57. The van der Waals surface area contributed by atoms with E-state index in [2.05, 4.69) is 10.5 Å². The van der Waals surface area contributed by atoms with Crippen LogP contribution in [0.25, 0.3) is 12.0 Å². The molecule has 1 N–H and O–H groups in total. The second kappa shape index (κ2) is 14.5. The summed E-state index contributed by atoms with van der Waals surface area (Å²) in [4.78, 5) is 58.2. The summed E-state index contributed by atoms with van der Waals surface area (Å²) in [6.07, 6.45) is 3.49. The molecule has 0 radical (unpaired) electrons. The van der Waals surface area contributed by atoms with Gasteiger partial charge in [0, 0.05) is 32.1 Å². The van der Waals surface area contributed by atoms with Crippen molar-refractivity contribution in [2.24, 2.45) is 5.16 Å². The molecule has 1 fully saturated rings. The van der Waals surface area contributed by atoms with E-state index in [0.717, 1.165) is 4.57 Å². The average molecular weight is 586 g/mol. The highest BCUT2D eigenvalue weighted by molar-refractivity contribution is 6.38. The molecule has 13 nitrogen and oxygen atoms in total. The van der Waals surface area contributed by atoms with Gasteiger partial charge in [-0.25, -0.2) is 9.80 Å². The third kappa shape index (κ3) is 7.87. The van der Waals surface area contributed by atoms with E-state index in [-0.39, 0.29) is 35.3 Å². The highest BCUT2D eigenvalue weighted by atomic mass is 16.6. The van der Waals surface area contributed by atoms with Crippen LogP contribution in [-0.4, -0.2) is 72.4 Å². The van der Waals surface area contributed by atoms with E-state index in [1.54, 1.807) is 52.0 Å². The molecule has 228 valence electrons. The third-order valence-electron chi connectivity index (χ3n) is 6.18. The van der Waals surface area contributed by atoms with Gasteiger partial charge in [0.2, 0.25) is 0 Å². The van der Waals surface area contributed by atoms with Crippen LogP contribution in [-0.2, 0) is 23.9 Å². The van der Waals surface area contributed by atoms with Crippen LogP contribution in [0, 0.1) is 0 Å². The molecule has 13 heteroatoms. The Morgan fingerprint density at radius 2 is 1.79 bits per heavy atom. The van der Waals surface area contributed by atoms with Gasteiger partial charge in [-0.1, -0.05) is 17.3 Å². The number of amides is 2. The zero-order chi connectivity index (χ0) is 31.0. The number of oxime groups is 1. The van der Waals surface area contributed by atoms with Gasteiger partial charge < -0.3 is 24.4 Å². The zero-order valence-electron chi connectivity index (χ0n) is 25.1. The van der Waals surface area contributed by atoms with Crippen molar-refractivity contribution in [1.82, 2.24) is 14.6 Å². The number of para-hydroxylation sites is 1. The lowest BCUT2D eigenvalue weighted by molar-refractivity contribution is -0.138. The van der Waals surface area contributed by atoms with E-state index in [9.17, 15) is 19.2 Å². The van der Waals surface area contributed by atoms with Gasteiger partial charge in [-0.3, -0.25) is 19.0 Å². The molecule has 2 aromatic rings. The normalized spacial score (nSPS) is 14.6. The first-order chi connectivity index (χ1) is 19.9. The minimum absolute atomic E-state index is 0.0409. The monoisotopic (exact) mass is 585 g/mol. The number of carbonyl (C=O) groups excluding carboxylic acids is 2. The number of ether oxygens (including phenoxy) is 3. The van der Waals surface area contributed by atoms with Crippen LogP contribution in [0.15, 0.2) is 45.2 Å². The van der Waals surface area contributed by atoms with Gasteiger partial charge in [0.1, 0.15) is 23.7 Å². The second-order valence-electron chi connectivity index (χ2n) is 10.3. The molecule has 0 saturated carbocycles. The number of nitrogens with one attached hydrogen (secondary N) is 1. The topological polar surface area (TPSA) is 143 Å². The fraction of sp³-hybridized carbons (Fsp3) is 0.483. The first kappa shape index (κ1) is 32.1. The summed E-state index contributed by atoms with van der Waals surface area (Å²) < 4.78 is 19.1. The van der Waals surface area contributed by atoms with Crippen LogP contribution in [0.3, 0.4) is 0 Å². The molecule has 0 atom stereocenters. The Kier molecular flexibility index (Phi) is 11.1. The molecule has 1 saturated heterocycles. The predicted octanol–water partition coefficient (Wildman–Crippen LogP) is 1.94. The van der Waals surface area contributed by atoms with Gasteiger partial charge in [0.05, 0.1) is 43.4 Å². The molecule has 2 heterocycles. The van der Waals surface area contributed by atoms with Crippen molar-refractivity contribution in [3.05, 3.63) is 62.4 Å². The number of carbonyl (C=O) groups is 2. The molecule has 1 aliphatic heterocycles. The molecule has 1 aromatic heterocycles. The number of nitrogens with zero attached hydrogens (tertiary/aromatic N) is 4. The summed E-state index contributed by atoms with van der Waals surface area (Å²) in [7, 11) is 2.69. The van der Waals surface area contributed by atoms with Crippen molar-refractivity contribution >= 4 is 29.5 Å². The van der Waals surface area contributed by atoms with Gasteiger partial charge >= 0.3 is 17.5 Å². The molecule has 1 aliphatic rings. The van der Waals surface area contributed by atoms with Gasteiger partial charge in [0.15, 0.2) is 0 Å². The van der Waals surface area contributed by atoms with Crippen LogP contribution in [0.5, 0.6) is 5.75 Å². The summed E-state index contributed by atoms with van der Waals surface area (Å²) >= 11 is 0. The van der Waals surface area contributed by atoms with Crippen LogP contribution in [0.2, 0.25) is 0 Å². The van der Waals surface area contributed by atoms with Crippen molar-refractivity contribution < 1.29 is 28.6 Å². The van der Waals surface area contributed by atoms with E-state index in [0.29, 0.717) is 47.1 Å². The molecule has 42 heavy (non-hydrogen) atoms. The number of aromatic nitrogens is 2. The van der Waals surface area contributed by atoms with Crippen molar-refractivity contribution in [1.29, 1.82) is 0 Å². The summed E-state index contributed by atoms with van der Waals surface area (Å²) in [5.74, 6) is -1.29. The minimum atomic E-state index is -1.10. The number of methoxy groups -OCH3 is 1.